The summed E-state index contributed by atoms with van der Waals surface area (Å²) >= 11 is 0. The maximum atomic E-state index is 12.2. The molecule has 130 valence electrons. The van der Waals surface area contributed by atoms with E-state index in [2.05, 4.69) is 6.58 Å². The van der Waals surface area contributed by atoms with Gasteiger partial charge in [0, 0.05) is 24.4 Å². The van der Waals surface area contributed by atoms with Crippen molar-refractivity contribution >= 4 is 5.91 Å². The van der Waals surface area contributed by atoms with Gasteiger partial charge in [-0.15, -0.1) is 0 Å². The third-order valence-electron chi connectivity index (χ3n) is 7.73. The van der Waals surface area contributed by atoms with Crippen LogP contribution >= 0.6 is 0 Å². The standard InChI is InChI=1S/C20H21NO4/c1-10-5-6-20(24)17-18(9-21(17)11(2)22)7-12-3-4-13(23)15-14(12)19(20,8-18)16(10)25-15/h3-4,16-17,23-24H,1,5-9H2,2H3/t16-,17+,18?,19-,20+/m0/s1. The van der Waals surface area contributed by atoms with Crippen LogP contribution in [0.15, 0.2) is 24.3 Å². The van der Waals surface area contributed by atoms with E-state index in [1.54, 1.807) is 13.0 Å². The first-order chi connectivity index (χ1) is 11.8. The summed E-state index contributed by atoms with van der Waals surface area (Å²) in [4.78, 5) is 14.0. The number of aromatic hydroxyl groups is 1. The molecule has 1 aromatic rings. The fraction of sp³-hybridized carbons (Fsp3) is 0.550. The van der Waals surface area contributed by atoms with E-state index in [-0.39, 0.29) is 29.2 Å². The van der Waals surface area contributed by atoms with Crippen LogP contribution in [0.1, 0.15) is 37.3 Å². The minimum absolute atomic E-state index is 0.0278. The number of carbonyl (C=O) groups is 1. The minimum atomic E-state index is -1.02. The highest BCUT2D eigenvalue weighted by Gasteiger charge is 2.83. The van der Waals surface area contributed by atoms with Crippen LogP contribution in [-0.4, -0.2) is 45.3 Å². The maximum absolute atomic E-state index is 12.2. The monoisotopic (exact) mass is 339 g/mol. The molecule has 0 radical (unpaired) electrons. The average molecular weight is 339 g/mol. The number of aliphatic hydroxyl groups is 1. The lowest BCUT2D eigenvalue weighted by Gasteiger charge is -2.58. The normalized spacial score (nSPS) is 44.7. The third kappa shape index (κ3) is 1.19. The number of benzene rings is 1. The van der Waals surface area contributed by atoms with Gasteiger partial charge in [0.1, 0.15) is 6.10 Å². The van der Waals surface area contributed by atoms with Gasteiger partial charge in [0.05, 0.1) is 17.1 Å². The highest BCUT2D eigenvalue weighted by Crippen LogP contribution is 2.75. The minimum Gasteiger partial charge on any atom is -0.504 e. The van der Waals surface area contributed by atoms with E-state index in [0.717, 1.165) is 29.5 Å². The van der Waals surface area contributed by atoms with Crippen LogP contribution in [0.4, 0.5) is 0 Å². The number of fused-ring (bicyclic) bond motifs is 1. The lowest BCUT2D eigenvalue weighted by Crippen LogP contribution is -2.72. The fourth-order valence-corrected chi connectivity index (χ4v) is 7.11. The molecular weight excluding hydrogens is 318 g/mol. The van der Waals surface area contributed by atoms with Gasteiger partial charge in [0.2, 0.25) is 5.91 Å². The van der Waals surface area contributed by atoms with Crippen LogP contribution < -0.4 is 4.74 Å². The van der Waals surface area contributed by atoms with Crippen molar-refractivity contribution in [1.29, 1.82) is 0 Å². The Balaban J connectivity index is 1.69. The molecule has 1 amide bonds. The Labute approximate surface area is 145 Å². The van der Waals surface area contributed by atoms with Gasteiger partial charge in [-0.1, -0.05) is 12.6 Å². The van der Waals surface area contributed by atoms with Crippen molar-refractivity contribution < 1.29 is 19.7 Å². The van der Waals surface area contributed by atoms with Gasteiger partial charge in [-0.2, -0.15) is 0 Å². The van der Waals surface area contributed by atoms with Gasteiger partial charge < -0.3 is 19.8 Å². The molecule has 2 saturated carbocycles. The molecule has 2 N–H and O–H groups in total. The van der Waals surface area contributed by atoms with Gasteiger partial charge in [-0.05, 0) is 42.9 Å². The van der Waals surface area contributed by atoms with Gasteiger partial charge in [-0.3, -0.25) is 4.79 Å². The fourth-order valence-electron chi connectivity index (χ4n) is 7.11. The number of amides is 1. The summed E-state index contributed by atoms with van der Waals surface area (Å²) in [7, 11) is 0. The number of phenols is 1. The summed E-state index contributed by atoms with van der Waals surface area (Å²) < 4.78 is 6.24. The lowest BCUT2D eigenvalue weighted by molar-refractivity contribution is -0.176. The van der Waals surface area contributed by atoms with Crippen molar-refractivity contribution in [2.45, 2.75) is 55.8 Å². The Kier molecular flexibility index (Phi) is 2.12. The van der Waals surface area contributed by atoms with Gasteiger partial charge in [0.25, 0.3) is 0 Å². The zero-order chi connectivity index (χ0) is 17.4. The molecular formula is C20H21NO4. The number of rotatable bonds is 0. The van der Waals surface area contributed by atoms with Crippen LogP contribution in [-0.2, 0) is 16.6 Å². The highest BCUT2D eigenvalue weighted by molar-refractivity contribution is 5.77. The van der Waals surface area contributed by atoms with Crippen LogP contribution in [0, 0.1) is 5.41 Å². The molecule has 5 nitrogen and oxygen atoms in total. The van der Waals surface area contributed by atoms with E-state index in [1.807, 2.05) is 11.0 Å². The molecule has 1 unspecified atom stereocenters. The number of likely N-dealkylation sites (tertiary alicyclic amines) is 1. The van der Waals surface area contributed by atoms with Crippen molar-refractivity contribution in [3.63, 3.8) is 0 Å². The van der Waals surface area contributed by atoms with E-state index in [0.29, 0.717) is 25.1 Å². The smallest absolute Gasteiger partial charge is 0.219 e. The quantitative estimate of drug-likeness (QED) is 0.705. The first kappa shape index (κ1) is 14.2. The number of hydrogen-bond donors (Lipinski definition) is 2. The predicted octanol–water partition coefficient (Wildman–Crippen LogP) is 1.65. The summed E-state index contributed by atoms with van der Waals surface area (Å²) in [6.45, 7) is 6.51. The van der Waals surface area contributed by atoms with E-state index < -0.39 is 11.0 Å². The first-order valence-electron chi connectivity index (χ1n) is 9.03. The van der Waals surface area contributed by atoms with Crippen molar-refractivity contribution in [3.8, 4) is 11.5 Å². The number of carbonyl (C=O) groups excluding carboxylic acids is 1. The first-order valence-corrected chi connectivity index (χ1v) is 9.03. The number of phenolic OH excluding ortho intramolecular Hbond substituents is 1. The summed E-state index contributed by atoms with van der Waals surface area (Å²) in [6, 6.07) is 3.50. The second-order valence-electron chi connectivity index (χ2n) is 8.77. The Morgan fingerprint density at radius 1 is 1.44 bits per heavy atom. The molecule has 0 aromatic heterocycles. The average Bonchev–Trinajstić information content (AvgIpc) is 2.96. The Hall–Kier alpha value is -2.01. The van der Waals surface area contributed by atoms with Crippen molar-refractivity contribution in [3.05, 3.63) is 35.4 Å². The Morgan fingerprint density at radius 3 is 3.00 bits per heavy atom. The molecule has 2 bridgehead atoms. The largest absolute Gasteiger partial charge is 0.504 e. The summed E-state index contributed by atoms with van der Waals surface area (Å²) in [5.74, 6) is 0.686. The Morgan fingerprint density at radius 2 is 2.24 bits per heavy atom. The van der Waals surface area contributed by atoms with E-state index >= 15 is 0 Å². The zero-order valence-corrected chi connectivity index (χ0v) is 14.2. The molecule has 1 aromatic carbocycles. The summed E-state index contributed by atoms with van der Waals surface area (Å²) in [6.07, 6.45) is 2.60. The Bertz CT molecular complexity index is 894. The highest BCUT2D eigenvalue weighted by atomic mass is 16.5. The number of ether oxygens (including phenoxy) is 1. The van der Waals surface area contributed by atoms with E-state index in [4.69, 9.17) is 4.74 Å². The molecule has 6 rings (SSSR count). The van der Waals surface area contributed by atoms with Crippen LogP contribution in [0.25, 0.3) is 0 Å². The molecule has 2 aliphatic heterocycles. The molecule has 3 fully saturated rings. The second-order valence-corrected chi connectivity index (χ2v) is 8.77. The van der Waals surface area contributed by atoms with Gasteiger partial charge >= 0.3 is 0 Å². The molecule has 2 spiro atoms. The van der Waals surface area contributed by atoms with Crippen molar-refractivity contribution in [1.82, 2.24) is 4.90 Å². The van der Waals surface area contributed by atoms with Crippen molar-refractivity contribution in [2.24, 2.45) is 5.41 Å². The summed E-state index contributed by atoms with van der Waals surface area (Å²) in [5, 5.41) is 22.4. The second kappa shape index (κ2) is 3.73. The summed E-state index contributed by atoms with van der Waals surface area (Å²) in [5.41, 5.74) is 1.42. The van der Waals surface area contributed by atoms with E-state index in [9.17, 15) is 15.0 Å². The van der Waals surface area contributed by atoms with Crippen LogP contribution in [0.3, 0.4) is 0 Å². The van der Waals surface area contributed by atoms with Crippen molar-refractivity contribution in [2.75, 3.05) is 6.54 Å². The number of hydrogen-bond acceptors (Lipinski definition) is 4. The van der Waals surface area contributed by atoms with Gasteiger partial charge in [0.15, 0.2) is 11.5 Å². The topological polar surface area (TPSA) is 70.0 Å². The number of nitrogens with zero attached hydrogens (tertiary/aromatic N) is 1. The SMILES string of the molecule is C=C1CC[C@@]2(O)[C@@H]3N(C(C)=O)CC34Cc3ccc(O)c5c3[C@@]2(C4)[C@H]1O5. The molecule has 3 aliphatic carbocycles. The maximum Gasteiger partial charge on any atom is 0.219 e. The molecule has 5 heteroatoms. The van der Waals surface area contributed by atoms with E-state index in [1.165, 1.54) is 0 Å². The lowest BCUT2D eigenvalue weighted by atomic mass is 9.57. The van der Waals surface area contributed by atoms with Crippen LogP contribution in [0.5, 0.6) is 11.5 Å². The zero-order valence-electron chi connectivity index (χ0n) is 14.2. The van der Waals surface area contributed by atoms with Gasteiger partial charge in [-0.25, -0.2) is 0 Å². The molecule has 2 heterocycles. The predicted molar refractivity (Wildman–Crippen MR) is 89.5 cm³/mol. The third-order valence-corrected chi connectivity index (χ3v) is 7.73. The molecule has 5 aliphatic rings. The molecule has 25 heavy (non-hydrogen) atoms. The molecule has 5 atom stereocenters. The van der Waals surface area contributed by atoms with Crippen LogP contribution in [0.2, 0.25) is 0 Å². The molecule has 1 saturated heterocycles.